The zero-order chi connectivity index (χ0) is 24.9. The van der Waals surface area contributed by atoms with Gasteiger partial charge in [-0.15, -0.1) is 0 Å². The van der Waals surface area contributed by atoms with E-state index in [2.05, 4.69) is 54.6 Å². The lowest BCUT2D eigenvalue weighted by Crippen LogP contribution is -2.44. The van der Waals surface area contributed by atoms with E-state index in [-0.39, 0.29) is 5.91 Å². The van der Waals surface area contributed by atoms with Gasteiger partial charge in [0.15, 0.2) is 0 Å². The summed E-state index contributed by atoms with van der Waals surface area (Å²) >= 11 is 0. The number of amides is 1. The lowest BCUT2D eigenvalue weighted by Gasteiger charge is -2.34. The number of allylic oxidation sites excluding steroid dienone is 1. The predicted octanol–water partition coefficient (Wildman–Crippen LogP) is 4.10. The Morgan fingerprint density at radius 2 is 1.72 bits per heavy atom. The Bertz CT molecular complexity index is 1390. The van der Waals surface area contributed by atoms with Crippen LogP contribution >= 0.6 is 0 Å². The summed E-state index contributed by atoms with van der Waals surface area (Å²) in [6, 6.07) is 13.7. The summed E-state index contributed by atoms with van der Waals surface area (Å²) < 4.78 is 0. The van der Waals surface area contributed by atoms with Crippen molar-refractivity contribution in [2.75, 3.05) is 48.8 Å². The number of benzene rings is 1. The molecule has 0 unspecified atom stereocenters. The molecule has 9 nitrogen and oxygen atoms in total. The minimum Gasteiger partial charge on any atom is -0.369 e. The SMILES string of the molecule is C/C=C\C(=O)Nc1ccnc(-c2nccc3cnc(Nc4ccc(N5CCN(C)CC5)cc4)nc23)c1. The van der Waals surface area contributed by atoms with Gasteiger partial charge in [0.05, 0.1) is 5.69 Å². The molecule has 1 aromatic carbocycles. The number of hydrogen-bond acceptors (Lipinski definition) is 8. The van der Waals surface area contributed by atoms with E-state index in [1.807, 2.05) is 18.2 Å². The summed E-state index contributed by atoms with van der Waals surface area (Å²) in [5, 5.41) is 6.98. The number of carbonyl (C=O) groups is 1. The van der Waals surface area contributed by atoms with E-state index in [4.69, 9.17) is 4.98 Å². The Kier molecular flexibility index (Phi) is 6.81. The summed E-state index contributed by atoms with van der Waals surface area (Å²) in [6.45, 7) is 6.00. The number of piperazine rings is 1. The number of anilines is 4. The summed E-state index contributed by atoms with van der Waals surface area (Å²) in [6.07, 6.45) is 8.28. The van der Waals surface area contributed by atoms with Crippen LogP contribution in [-0.4, -0.2) is 64.0 Å². The number of likely N-dealkylation sites (N-methyl/N-ethyl adjacent to an activating group) is 1. The van der Waals surface area contributed by atoms with Gasteiger partial charge in [-0.05, 0) is 62.5 Å². The van der Waals surface area contributed by atoms with Crippen molar-refractivity contribution >= 4 is 39.8 Å². The first-order valence-electron chi connectivity index (χ1n) is 11.9. The first-order valence-corrected chi connectivity index (χ1v) is 11.9. The number of hydrogen-bond donors (Lipinski definition) is 2. The predicted molar refractivity (Wildman–Crippen MR) is 143 cm³/mol. The average molecular weight is 481 g/mol. The van der Waals surface area contributed by atoms with Crippen molar-refractivity contribution in [3.05, 3.63) is 73.2 Å². The molecule has 2 N–H and O–H groups in total. The van der Waals surface area contributed by atoms with Gasteiger partial charge in [0, 0.05) is 67.2 Å². The van der Waals surface area contributed by atoms with Crippen molar-refractivity contribution < 1.29 is 4.79 Å². The van der Waals surface area contributed by atoms with Crippen molar-refractivity contribution in [3.8, 4) is 11.4 Å². The van der Waals surface area contributed by atoms with Crippen molar-refractivity contribution in [1.29, 1.82) is 0 Å². The van der Waals surface area contributed by atoms with Gasteiger partial charge < -0.3 is 20.4 Å². The molecule has 1 amide bonds. The quantitative estimate of drug-likeness (QED) is 0.398. The molecule has 9 heteroatoms. The molecular weight excluding hydrogens is 452 g/mol. The maximum absolute atomic E-state index is 11.9. The van der Waals surface area contributed by atoms with Gasteiger partial charge in [-0.1, -0.05) is 6.08 Å². The molecule has 1 aliphatic heterocycles. The number of aromatic nitrogens is 4. The standard InChI is InChI=1S/C27H28N8O/c1-3-4-24(36)31-21-10-12-28-23(17-21)26-25-19(9-11-29-26)18-30-27(33-25)32-20-5-7-22(8-6-20)35-15-13-34(2)14-16-35/h3-12,17-18H,13-16H2,1-2H3,(H,28,31,36)(H,30,32,33)/b4-3-. The van der Waals surface area contributed by atoms with E-state index >= 15 is 0 Å². The highest BCUT2D eigenvalue weighted by molar-refractivity contribution is 5.99. The molecule has 0 atom stereocenters. The fourth-order valence-electron chi connectivity index (χ4n) is 4.13. The minimum absolute atomic E-state index is 0.201. The van der Waals surface area contributed by atoms with Crippen LogP contribution in [0.4, 0.5) is 23.0 Å². The molecule has 0 bridgehead atoms. The highest BCUT2D eigenvalue weighted by Crippen LogP contribution is 2.27. The fraction of sp³-hybridized carbons (Fsp3) is 0.222. The first-order chi connectivity index (χ1) is 17.6. The Balaban J connectivity index is 1.38. The smallest absolute Gasteiger partial charge is 0.248 e. The van der Waals surface area contributed by atoms with Gasteiger partial charge in [0.25, 0.3) is 0 Å². The highest BCUT2D eigenvalue weighted by atomic mass is 16.1. The third-order valence-electron chi connectivity index (χ3n) is 6.08. The third kappa shape index (κ3) is 5.31. The molecule has 1 saturated heterocycles. The van der Waals surface area contributed by atoms with Gasteiger partial charge >= 0.3 is 0 Å². The van der Waals surface area contributed by atoms with Crippen LogP contribution < -0.4 is 15.5 Å². The Morgan fingerprint density at radius 3 is 2.50 bits per heavy atom. The molecule has 0 spiro atoms. The van der Waals surface area contributed by atoms with E-state index in [1.54, 1.807) is 43.7 Å². The monoisotopic (exact) mass is 480 g/mol. The molecule has 1 aliphatic rings. The van der Waals surface area contributed by atoms with E-state index in [1.165, 1.54) is 11.8 Å². The van der Waals surface area contributed by atoms with Crippen LogP contribution in [0.3, 0.4) is 0 Å². The van der Waals surface area contributed by atoms with Crippen molar-refractivity contribution in [2.24, 2.45) is 0 Å². The second-order valence-corrected chi connectivity index (χ2v) is 8.67. The molecule has 4 aromatic rings. The number of carbonyl (C=O) groups excluding carboxylic acids is 1. The zero-order valence-corrected chi connectivity index (χ0v) is 20.3. The van der Waals surface area contributed by atoms with Gasteiger partial charge in [-0.25, -0.2) is 9.97 Å². The Morgan fingerprint density at radius 1 is 0.944 bits per heavy atom. The van der Waals surface area contributed by atoms with Crippen LogP contribution in [0.25, 0.3) is 22.3 Å². The van der Waals surface area contributed by atoms with Gasteiger partial charge in [-0.3, -0.25) is 14.8 Å². The number of pyridine rings is 2. The summed E-state index contributed by atoms with van der Waals surface area (Å²) in [5.74, 6) is 0.273. The molecule has 4 heterocycles. The second kappa shape index (κ2) is 10.5. The number of nitrogens with zero attached hydrogens (tertiary/aromatic N) is 6. The molecular formula is C27H28N8O. The normalized spacial score (nSPS) is 14.3. The summed E-state index contributed by atoms with van der Waals surface area (Å²) in [7, 11) is 2.16. The second-order valence-electron chi connectivity index (χ2n) is 8.67. The lowest BCUT2D eigenvalue weighted by atomic mass is 10.1. The Labute approximate surface area is 209 Å². The first kappa shape index (κ1) is 23.4. The molecule has 36 heavy (non-hydrogen) atoms. The highest BCUT2D eigenvalue weighted by Gasteiger charge is 2.15. The van der Waals surface area contributed by atoms with Crippen LogP contribution in [0.15, 0.2) is 73.2 Å². The summed E-state index contributed by atoms with van der Waals surface area (Å²) in [4.78, 5) is 34.9. The largest absolute Gasteiger partial charge is 0.369 e. The van der Waals surface area contributed by atoms with Crippen molar-refractivity contribution in [2.45, 2.75) is 6.92 Å². The maximum atomic E-state index is 11.9. The van der Waals surface area contributed by atoms with Crippen LogP contribution in [0, 0.1) is 0 Å². The molecule has 3 aromatic heterocycles. The topological polar surface area (TPSA) is 99.2 Å². The maximum Gasteiger partial charge on any atom is 0.248 e. The average Bonchev–Trinajstić information content (AvgIpc) is 2.89. The zero-order valence-electron chi connectivity index (χ0n) is 20.3. The van der Waals surface area contributed by atoms with E-state index in [9.17, 15) is 4.79 Å². The van der Waals surface area contributed by atoms with E-state index < -0.39 is 0 Å². The van der Waals surface area contributed by atoms with Crippen LogP contribution in [-0.2, 0) is 4.79 Å². The molecule has 1 fully saturated rings. The van der Waals surface area contributed by atoms with Crippen molar-refractivity contribution in [1.82, 2.24) is 24.8 Å². The molecule has 182 valence electrons. The van der Waals surface area contributed by atoms with Crippen LogP contribution in [0.1, 0.15) is 6.92 Å². The minimum atomic E-state index is -0.201. The molecule has 0 saturated carbocycles. The molecule has 0 radical (unpaired) electrons. The summed E-state index contributed by atoms with van der Waals surface area (Å²) in [5.41, 5.74) is 4.66. The lowest BCUT2D eigenvalue weighted by molar-refractivity contribution is -0.111. The van der Waals surface area contributed by atoms with Gasteiger partial charge in [0.1, 0.15) is 11.2 Å². The van der Waals surface area contributed by atoms with E-state index in [0.717, 1.165) is 37.3 Å². The molecule has 0 aliphatic carbocycles. The van der Waals surface area contributed by atoms with Crippen LogP contribution in [0.2, 0.25) is 0 Å². The third-order valence-corrected chi connectivity index (χ3v) is 6.08. The van der Waals surface area contributed by atoms with E-state index in [0.29, 0.717) is 28.5 Å². The number of rotatable bonds is 6. The fourth-order valence-corrected chi connectivity index (χ4v) is 4.13. The number of fused-ring (bicyclic) bond motifs is 1. The number of nitrogens with one attached hydrogen (secondary N) is 2. The van der Waals surface area contributed by atoms with Gasteiger partial charge in [0.2, 0.25) is 11.9 Å². The Hall–Kier alpha value is -4.37. The molecule has 5 rings (SSSR count). The van der Waals surface area contributed by atoms with Gasteiger partial charge in [-0.2, -0.15) is 0 Å². The van der Waals surface area contributed by atoms with Crippen molar-refractivity contribution in [3.63, 3.8) is 0 Å². The van der Waals surface area contributed by atoms with Crippen LogP contribution in [0.5, 0.6) is 0 Å².